The fraction of sp³-hybridized carbons (Fsp3) is 0.261. The van der Waals surface area contributed by atoms with Gasteiger partial charge in [-0.2, -0.15) is 0 Å². The number of nitrogens with zero attached hydrogens (tertiary/aromatic N) is 2. The first-order valence-electron chi connectivity index (χ1n) is 10.0. The van der Waals surface area contributed by atoms with Gasteiger partial charge in [0.2, 0.25) is 5.91 Å². The van der Waals surface area contributed by atoms with Crippen LogP contribution in [0.4, 0.5) is 0 Å². The van der Waals surface area contributed by atoms with E-state index in [1.165, 1.54) is 0 Å². The number of halogens is 1. The van der Waals surface area contributed by atoms with Crippen LogP contribution >= 0.6 is 15.9 Å². The van der Waals surface area contributed by atoms with E-state index in [1.807, 2.05) is 56.4 Å². The molecule has 5 rings (SSSR count). The van der Waals surface area contributed by atoms with Gasteiger partial charge in [-0.1, -0.05) is 48.0 Å². The third-order valence-corrected chi connectivity index (χ3v) is 6.33. The summed E-state index contributed by atoms with van der Waals surface area (Å²) in [5, 5.41) is 4.67. The van der Waals surface area contributed by atoms with Crippen LogP contribution in [-0.4, -0.2) is 20.4 Å². The maximum absolute atomic E-state index is 13.6. The number of carbonyl (C=O) groups excluding carboxylic acids is 1. The lowest BCUT2D eigenvalue weighted by molar-refractivity contribution is -0.127. The second-order valence-corrected chi connectivity index (χ2v) is 9.03. The van der Waals surface area contributed by atoms with Gasteiger partial charge in [0.1, 0.15) is 11.9 Å². The first kappa shape index (κ1) is 19.1. The molecule has 0 aliphatic carbocycles. The van der Waals surface area contributed by atoms with E-state index in [2.05, 4.69) is 26.2 Å². The Morgan fingerprint density at radius 1 is 1.13 bits per heavy atom. The van der Waals surface area contributed by atoms with E-state index in [0.717, 1.165) is 20.9 Å². The quantitative estimate of drug-likeness (QED) is 0.475. The third-order valence-electron chi connectivity index (χ3n) is 5.83. The van der Waals surface area contributed by atoms with Crippen LogP contribution in [0.5, 0.6) is 0 Å². The van der Waals surface area contributed by atoms with Crippen LogP contribution in [0, 0.1) is 5.92 Å². The van der Waals surface area contributed by atoms with E-state index >= 15 is 0 Å². The highest BCUT2D eigenvalue weighted by atomic mass is 79.9. The molecule has 6 nitrogen and oxygen atoms in total. The van der Waals surface area contributed by atoms with Gasteiger partial charge in [-0.25, -0.2) is 4.98 Å². The average Bonchev–Trinajstić information content (AvgIpc) is 3.13. The second-order valence-electron chi connectivity index (χ2n) is 8.12. The van der Waals surface area contributed by atoms with Crippen LogP contribution in [0.3, 0.4) is 0 Å². The lowest BCUT2D eigenvalue weighted by atomic mass is 9.96. The van der Waals surface area contributed by atoms with Crippen molar-refractivity contribution in [3.8, 4) is 0 Å². The molecule has 4 aromatic rings. The van der Waals surface area contributed by atoms with Crippen LogP contribution in [0.25, 0.3) is 21.8 Å². The highest BCUT2D eigenvalue weighted by molar-refractivity contribution is 9.10. The van der Waals surface area contributed by atoms with E-state index in [1.54, 1.807) is 10.6 Å². The van der Waals surface area contributed by atoms with Gasteiger partial charge in [0.15, 0.2) is 0 Å². The molecule has 152 valence electrons. The molecular weight excluding hydrogens is 444 g/mol. The topological polar surface area (TPSA) is 79.8 Å². The Bertz CT molecular complexity index is 1350. The van der Waals surface area contributed by atoms with Crippen molar-refractivity contribution >= 4 is 43.6 Å². The van der Waals surface area contributed by atoms with Crippen LogP contribution in [0.15, 0.2) is 57.9 Å². The van der Waals surface area contributed by atoms with Crippen molar-refractivity contribution in [2.75, 3.05) is 0 Å². The Hall–Kier alpha value is -2.93. The van der Waals surface area contributed by atoms with E-state index in [0.29, 0.717) is 23.1 Å². The van der Waals surface area contributed by atoms with Gasteiger partial charge in [0.25, 0.3) is 5.56 Å². The number of aromatic nitrogens is 3. The molecule has 1 aliphatic heterocycles. The molecule has 0 bridgehead atoms. The summed E-state index contributed by atoms with van der Waals surface area (Å²) in [6.45, 7) is 4.04. The molecule has 2 aromatic heterocycles. The molecular formula is C23H21BrN4O2. The second kappa shape index (κ2) is 7.09. The van der Waals surface area contributed by atoms with Gasteiger partial charge in [0, 0.05) is 28.0 Å². The Morgan fingerprint density at radius 2 is 1.93 bits per heavy atom. The maximum Gasteiger partial charge on any atom is 0.262 e. The Balaban J connectivity index is 1.72. The van der Waals surface area contributed by atoms with E-state index in [9.17, 15) is 9.59 Å². The molecule has 3 heterocycles. The minimum Gasteiger partial charge on any atom is -0.361 e. The zero-order valence-corrected chi connectivity index (χ0v) is 18.2. The van der Waals surface area contributed by atoms with Gasteiger partial charge in [-0.15, -0.1) is 0 Å². The van der Waals surface area contributed by atoms with Crippen LogP contribution in [0.2, 0.25) is 0 Å². The number of carbonyl (C=O) groups is 1. The lowest BCUT2D eigenvalue weighted by Crippen LogP contribution is -2.49. The molecule has 0 fully saturated rings. The van der Waals surface area contributed by atoms with Crippen molar-refractivity contribution in [2.45, 2.75) is 32.4 Å². The minimum atomic E-state index is -0.655. The van der Waals surface area contributed by atoms with Crippen molar-refractivity contribution in [2.24, 2.45) is 5.92 Å². The number of aromatic amines is 1. The molecule has 1 aliphatic rings. The lowest BCUT2D eigenvalue weighted by Gasteiger charge is -2.34. The van der Waals surface area contributed by atoms with E-state index in [4.69, 9.17) is 4.98 Å². The fourth-order valence-electron chi connectivity index (χ4n) is 4.30. The molecule has 0 saturated carbocycles. The van der Waals surface area contributed by atoms with Gasteiger partial charge < -0.3 is 10.3 Å². The summed E-state index contributed by atoms with van der Waals surface area (Å²) in [5.41, 5.74) is 2.47. The predicted octanol–water partition coefficient (Wildman–Crippen LogP) is 4.25. The van der Waals surface area contributed by atoms with E-state index in [-0.39, 0.29) is 23.4 Å². The van der Waals surface area contributed by atoms with Gasteiger partial charge in [0.05, 0.1) is 16.9 Å². The van der Waals surface area contributed by atoms with Gasteiger partial charge in [-0.3, -0.25) is 14.2 Å². The highest BCUT2D eigenvalue weighted by Crippen LogP contribution is 2.31. The normalized spacial score (nSPS) is 18.7. The van der Waals surface area contributed by atoms with E-state index < -0.39 is 6.04 Å². The number of para-hydroxylation sites is 1. The summed E-state index contributed by atoms with van der Waals surface area (Å²) in [4.78, 5) is 34.8. The van der Waals surface area contributed by atoms with Crippen molar-refractivity contribution in [3.05, 3.63) is 74.9 Å². The predicted molar refractivity (Wildman–Crippen MR) is 120 cm³/mol. The van der Waals surface area contributed by atoms with Crippen molar-refractivity contribution < 1.29 is 4.79 Å². The molecule has 0 radical (unpaired) electrons. The summed E-state index contributed by atoms with van der Waals surface area (Å²) in [6.07, 6.45) is 2.33. The number of H-pyrrole nitrogens is 1. The first-order valence-corrected chi connectivity index (χ1v) is 10.8. The Labute approximate surface area is 181 Å². The van der Waals surface area contributed by atoms with Crippen LogP contribution in [0.1, 0.15) is 37.3 Å². The molecule has 7 heteroatoms. The average molecular weight is 465 g/mol. The summed E-state index contributed by atoms with van der Waals surface area (Å²) in [7, 11) is 0. The molecule has 0 saturated heterocycles. The molecule has 0 spiro atoms. The first-order chi connectivity index (χ1) is 14.4. The molecule has 0 unspecified atom stereocenters. The SMILES string of the molecule is CC(C)[C@@H]1NC(=O)[C@@H](Cc2c[nH]c3ccccc23)n2c1nc1ccc(Br)cc1c2=O. The van der Waals surface area contributed by atoms with Crippen molar-refractivity contribution in [1.29, 1.82) is 0 Å². The highest BCUT2D eigenvalue weighted by Gasteiger charge is 2.37. The molecule has 2 aromatic carbocycles. The maximum atomic E-state index is 13.6. The summed E-state index contributed by atoms with van der Waals surface area (Å²) in [6, 6.07) is 12.5. The number of fused-ring (bicyclic) bond motifs is 3. The number of nitrogens with one attached hydrogen (secondary N) is 2. The largest absolute Gasteiger partial charge is 0.361 e. The molecule has 30 heavy (non-hydrogen) atoms. The Kier molecular flexibility index (Phi) is 4.50. The van der Waals surface area contributed by atoms with Crippen molar-refractivity contribution in [3.63, 3.8) is 0 Å². The third kappa shape index (κ3) is 2.96. The number of hydrogen-bond acceptors (Lipinski definition) is 3. The zero-order valence-electron chi connectivity index (χ0n) is 16.6. The van der Waals surface area contributed by atoms with Crippen LogP contribution in [-0.2, 0) is 11.2 Å². The van der Waals surface area contributed by atoms with Gasteiger partial charge >= 0.3 is 0 Å². The Morgan fingerprint density at radius 3 is 2.73 bits per heavy atom. The zero-order chi connectivity index (χ0) is 21.0. The number of benzene rings is 2. The van der Waals surface area contributed by atoms with Gasteiger partial charge in [-0.05, 0) is 35.7 Å². The number of hydrogen-bond donors (Lipinski definition) is 2. The standard InChI is InChI=1S/C23H21BrN4O2/c1-12(2)20-21-26-18-8-7-14(24)10-16(18)23(30)28(21)19(22(29)27-20)9-13-11-25-17-6-4-3-5-15(13)17/h3-8,10-12,19-20,25H,9H2,1-2H3,(H,27,29)/t19-,20+/m1/s1. The molecule has 1 amide bonds. The summed E-state index contributed by atoms with van der Waals surface area (Å²) < 4.78 is 2.42. The molecule has 2 N–H and O–H groups in total. The smallest absolute Gasteiger partial charge is 0.262 e. The molecule has 2 atom stereocenters. The monoisotopic (exact) mass is 464 g/mol. The fourth-order valence-corrected chi connectivity index (χ4v) is 4.66. The van der Waals surface area contributed by atoms with Crippen LogP contribution < -0.4 is 10.9 Å². The summed E-state index contributed by atoms with van der Waals surface area (Å²) >= 11 is 3.44. The van der Waals surface area contributed by atoms with Crippen molar-refractivity contribution in [1.82, 2.24) is 19.9 Å². The number of rotatable bonds is 3. The minimum absolute atomic E-state index is 0.106. The summed E-state index contributed by atoms with van der Waals surface area (Å²) in [5.74, 6) is 0.577. The number of amides is 1.